The highest BCUT2D eigenvalue weighted by molar-refractivity contribution is 5.78. The fourth-order valence-electron chi connectivity index (χ4n) is 1.86. The molecule has 17 heavy (non-hydrogen) atoms. The Morgan fingerprint density at radius 1 is 1.18 bits per heavy atom. The largest absolute Gasteiger partial charge is 0.382 e. The first-order valence-corrected chi connectivity index (χ1v) is 5.44. The van der Waals surface area contributed by atoms with Gasteiger partial charge in [0.05, 0.1) is 12.1 Å². The number of nitrogen functional groups attached to an aromatic ring is 1. The lowest BCUT2D eigenvalue weighted by Crippen LogP contribution is -2.01. The Morgan fingerprint density at radius 2 is 2.06 bits per heavy atom. The second-order valence-corrected chi connectivity index (χ2v) is 3.97. The first-order chi connectivity index (χ1) is 8.31. The third-order valence-corrected chi connectivity index (χ3v) is 2.65. The highest BCUT2D eigenvalue weighted by Gasteiger charge is 1.99. The van der Waals surface area contributed by atoms with Gasteiger partial charge in [-0.1, -0.05) is 18.2 Å². The zero-order valence-electron chi connectivity index (χ0n) is 9.24. The van der Waals surface area contributed by atoms with Crippen LogP contribution >= 0.6 is 0 Å². The van der Waals surface area contributed by atoms with E-state index in [4.69, 9.17) is 5.73 Å². The molecule has 2 N–H and O–H groups in total. The van der Waals surface area contributed by atoms with Gasteiger partial charge >= 0.3 is 0 Å². The summed E-state index contributed by atoms with van der Waals surface area (Å²) in [6, 6.07) is 12.0. The number of anilines is 1. The first kappa shape index (κ1) is 9.84. The van der Waals surface area contributed by atoms with Gasteiger partial charge in [-0.2, -0.15) is 5.10 Å². The van der Waals surface area contributed by atoms with Crippen LogP contribution in [0.5, 0.6) is 0 Å². The summed E-state index contributed by atoms with van der Waals surface area (Å²) in [5, 5.41) is 5.30. The number of rotatable bonds is 2. The Hall–Kier alpha value is -2.36. The Morgan fingerprint density at radius 3 is 2.88 bits per heavy atom. The minimum absolute atomic E-state index is 0.541. The molecule has 1 aromatic carbocycles. The molecule has 4 heteroatoms. The molecular weight excluding hydrogens is 212 g/mol. The van der Waals surface area contributed by atoms with E-state index in [-0.39, 0.29) is 0 Å². The summed E-state index contributed by atoms with van der Waals surface area (Å²) in [5.74, 6) is 0.541. The van der Waals surface area contributed by atoms with Gasteiger partial charge in [-0.25, -0.2) is 0 Å². The van der Waals surface area contributed by atoms with E-state index in [0.29, 0.717) is 12.4 Å². The molecule has 0 saturated heterocycles. The van der Waals surface area contributed by atoms with E-state index in [1.807, 2.05) is 30.6 Å². The molecule has 2 aromatic heterocycles. The first-order valence-electron chi connectivity index (χ1n) is 5.44. The van der Waals surface area contributed by atoms with Crippen molar-refractivity contribution in [2.45, 2.75) is 6.54 Å². The molecule has 0 aliphatic heterocycles. The number of hydrogen-bond acceptors (Lipinski definition) is 3. The summed E-state index contributed by atoms with van der Waals surface area (Å²) in [4.78, 5) is 4.41. The molecule has 84 valence electrons. The van der Waals surface area contributed by atoms with Crippen molar-refractivity contribution in [2.24, 2.45) is 0 Å². The molecule has 0 aliphatic rings. The lowest BCUT2D eigenvalue weighted by molar-refractivity contribution is 0.689. The summed E-state index contributed by atoms with van der Waals surface area (Å²) in [5.41, 5.74) is 7.70. The number of aromatic nitrogens is 3. The Balaban J connectivity index is 1.95. The molecule has 0 spiro atoms. The third kappa shape index (κ3) is 1.97. The van der Waals surface area contributed by atoms with E-state index >= 15 is 0 Å². The molecule has 0 unspecified atom stereocenters. The summed E-state index contributed by atoms with van der Waals surface area (Å²) in [7, 11) is 0. The fourth-order valence-corrected chi connectivity index (χ4v) is 1.86. The zero-order valence-corrected chi connectivity index (χ0v) is 9.24. The maximum Gasteiger partial charge on any atom is 0.145 e. The van der Waals surface area contributed by atoms with E-state index in [1.165, 1.54) is 0 Å². The van der Waals surface area contributed by atoms with Gasteiger partial charge < -0.3 is 5.73 Å². The normalized spacial score (nSPS) is 10.8. The lowest BCUT2D eigenvalue weighted by atomic mass is 10.1. The van der Waals surface area contributed by atoms with Gasteiger partial charge in [-0.15, -0.1) is 0 Å². The van der Waals surface area contributed by atoms with Crippen LogP contribution in [0.1, 0.15) is 5.56 Å². The van der Waals surface area contributed by atoms with Crippen LogP contribution in [-0.2, 0) is 6.54 Å². The minimum atomic E-state index is 0.541. The summed E-state index contributed by atoms with van der Waals surface area (Å²) in [6.45, 7) is 0.690. The minimum Gasteiger partial charge on any atom is -0.382 e. The number of para-hydroxylation sites is 1. The summed E-state index contributed by atoms with van der Waals surface area (Å²) in [6.07, 6.45) is 3.74. The molecule has 0 fully saturated rings. The monoisotopic (exact) mass is 224 g/mol. The van der Waals surface area contributed by atoms with Crippen molar-refractivity contribution >= 4 is 16.7 Å². The lowest BCUT2D eigenvalue weighted by Gasteiger charge is -2.03. The fraction of sp³-hybridized carbons (Fsp3) is 0.0769. The standard InChI is InChI=1S/C13H12N4/c14-13-5-6-17(16-13)9-10-7-11-3-1-2-4-12(11)15-8-10/h1-8H,9H2,(H2,14,16). The highest BCUT2D eigenvalue weighted by atomic mass is 15.3. The zero-order chi connectivity index (χ0) is 11.7. The van der Waals surface area contributed by atoms with E-state index in [2.05, 4.69) is 22.2 Å². The number of pyridine rings is 1. The van der Waals surface area contributed by atoms with Gasteiger partial charge in [0.25, 0.3) is 0 Å². The van der Waals surface area contributed by atoms with Crippen molar-refractivity contribution in [2.75, 3.05) is 5.73 Å². The molecular formula is C13H12N4. The Labute approximate surface area is 98.7 Å². The van der Waals surface area contributed by atoms with Crippen LogP contribution in [0, 0.1) is 0 Å². The molecule has 2 heterocycles. The maximum absolute atomic E-state index is 5.58. The van der Waals surface area contributed by atoms with Crippen LogP contribution in [0.25, 0.3) is 10.9 Å². The molecule has 0 bridgehead atoms. The average Bonchev–Trinajstić information content (AvgIpc) is 2.75. The van der Waals surface area contributed by atoms with E-state index < -0.39 is 0 Å². The van der Waals surface area contributed by atoms with E-state index in [1.54, 1.807) is 10.7 Å². The van der Waals surface area contributed by atoms with Gasteiger partial charge in [-0.05, 0) is 23.8 Å². The van der Waals surface area contributed by atoms with Crippen molar-refractivity contribution < 1.29 is 0 Å². The van der Waals surface area contributed by atoms with Gasteiger partial charge in [0, 0.05) is 17.8 Å². The maximum atomic E-state index is 5.58. The quantitative estimate of drug-likeness (QED) is 0.724. The highest BCUT2D eigenvalue weighted by Crippen LogP contribution is 2.13. The summed E-state index contributed by atoms with van der Waals surface area (Å²) < 4.78 is 1.81. The van der Waals surface area contributed by atoms with Crippen molar-refractivity contribution in [3.8, 4) is 0 Å². The van der Waals surface area contributed by atoms with Crippen LogP contribution in [0.3, 0.4) is 0 Å². The molecule has 3 aromatic rings. The Kier molecular flexibility index (Phi) is 2.26. The number of nitrogens with zero attached hydrogens (tertiary/aromatic N) is 3. The summed E-state index contributed by atoms with van der Waals surface area (Å²) >= 11 is 0. The van der Waals surface area contributed by atoms with Gasteiger partial charge in [0.1, 0.15) is 5.82 Å². The molecule has 0 radical (unpaired) electrons. The van der Waals surface area contributed by atoms with Gasteiger partial charge in [-0.3, -0.25) is 9.67 Å². The van der Waals surface area contributed by atoms with Gasteiger partial charge in [0.15, 0.2) is 0 Å². The number of nitrogens with two attached hydrogens (primary N) is 1. The van der Waals surface area contributed by atoms with Crippen molar-refractivity contribution in [1.29, 1.82) is 0 Å². The number of fused-ring (bicyclic) bond motifs is 1. The third-order valence-electron chi connectivity index (χ3n) is 2.65. The van der Waals surface area contributed by atoms with E-state index in [0.717, 1.165) is 16.5 Å². The SMILES string of the molecule is Nc1ccn(Cc2cnc3ccccc3c2)n1. The Bertz CT molecular complexity index is 657. The average molecular weight is 224 g/mol. The topological polar surface area (TPSA) is 56.7 Å². The second-order valence-electron chi connectivity index (χ2n) is 3.97. The van der Waals surface area contributed by atoms with Gasteiger partial charge in [0.2, 0.25) is 0 Å². The molecule has 0 aliphatic carbocycles. The van der Waals surface area contributed by atoms with Crippen LogP contribution in [-0.4, -0.2) is 14.8 Å². The molecule has 0 atom stereocenters. The molecule has 3 rings (SSSR count). The molecule has 4 nitrogen and oxygen atoms in total. The second kappa shape index (κ2) is 3.90. The van der Waals surface area contributed by atoms with Crippen LogP contribution in [0.15, 0.2) is 48.8 Å². The van der Waals surface area contributed by atoms with Crippen LogP contribution < -0.4 is 5.73 Å². The predicted molar refractivity (Wildman–Crippen MR) is 67.5 cm³/mol. The van der Waals surface area contributed by atoms with Crippen molar-refractivity contribution in [1.82, 2.24) is 14.8 Å². The predicted octanol–water partition coefficient (Wildman–Crippen LogP) is 2.06. The smallest absolute Gasteiger partial charge is 0.145 e. The van der Waals surface area contributed by atoms with E-state index in [9.17, 15) is 0 Å². The molecule has 0 amide bonds. The number of hydrogen-bond donors (Lipinski definition) is 1. The van der Waals surface area contributed by atoms with Crippen LogP contribution in [0.2, 0.25) is 0 Å². The van der Waals surface area contributed by atoms with Crippen molar-refractivity contribution in [3.63, 3.8) is 0 Å². The van der Waals surface area contributed by atoms with Crippen LogP contribution in [0.4, 0.5) is 5.82 Å². The number of benzene rings is 1. The molecule has 0 saturated carbocycles. The van der Waals surface area contributed by atoms with Crippen molar-refractivity contribution in [3.05, 3.63) is 54.4 Å².